The van der Waals surface area contributed by atoms with E-state index in [1.54, 1.807) is 72.8 Å². The van der Waals surface area contributed by atoms with Gasteiger partial charge in [-0.1, -0.05) is 50.2 Å². The molecule has 0 fully saturated rings. The third-order valence-corrected chi connectivity index (χ3v) is 9.98. The van der Waals surface area contributed by atoms with Crippen LogP contribution in [0.5, 0.6) is 23.0 Å². The molecule has 0 aliphatic carbocycles. The maximum absolute atomic E-state index is 12.9. The van der Waals surface area contributed by atoms with E-state index in [1.807, 2.05) is 48.5 Å². The lowest BCUT2D eigenvalue weighted by Crippen LogP contribution is -2.29. The Morgan fingerprint density at radius 2 is 0.964 bits per heavy atom. The minimum atomic E-state index is -0.431. The topological polar surface area (TPSA) is 122 Å². The molecular formula is C45H33N3O7. The number of nitrogens with one attached hydrogen (secondary N) is 1. The Labute approximate surface area is 316 Å². The average molecular weight is 728 g/mol. The predicted octanol–water partition coefficient (Wildman–Crippen LogP) is 8.88. The van der Waals surface area contributed by atoms with Crippen LogP contribution in [0.2, 0.25) is 0 Å². The Hall–Kier alpha value is -7.33. The van der Waals surface area contributed by atoms with Crippen molar-refractivity contribution in [3.63, 3.8) is 0 Å². The maximum atomic E-state index is 12.9. The minimum absolute atomic E-state index is 0.215. The summed E-state index contributed by atoms with van der Waals surface area (Å²) in [5, 5.41) is 2.82. The predicted molar refractivity (Wildman–Crippen MR) is 206 cm³/mol. The molecule has 55 heavy (non-hydrogen) atoms. The minimum Gasteiger partial charge on any atom is -0.457 e. The number of carbonyl (C=O) groups is 5. The van der Waals surface area contributed by atoms with Gasteiger partial charge in [0.15, 0.2) is 0 Å². The molecule has 270 valence electrons. The SMILES string of the molecule is CN1C(=O)c2ccc(C(=O)Nc3ccc(Oc4ccc(C(C)(C)c5ccc(Oc6ccc(N7C(=O)c8ccccc8C7=O)cc6)cc5)cc4)cc3)cc2C1=O. The Morgan fingerprint density at radius 3 is 1.47 bits per heavy atom. The van der Waals surface area contributed by atoms with Gasteiger partial charge in [-0.3, -0.25) is 28.9 Å². The summed E-state index contributed by atoms with van der Waals surface area (Å²) in [4.78, 5) is 65.3. The number of hydrogen-bond acceptors (Lipinski definition) is 7. The van der Waals surface area contributed by atoms with Gasteiger partial charge in [0.2, 0.25) is 0 Å². The molecular weight excluding hydrogens is 695 g/mol. The molecule has 0 aromatic heterocycles. The van der Waals surface area contributed by atoms with Crippen LogP contribution in [0.1, 0.15) is 76.8 Å². The maximum Gasteiger partial charge on any atom is 0.266 e. The number of amides is 5. The molecule has 0 spiro atoms. The van der Waals surface area contributed by atoms with E-state index in [4.69, 9.17) is 9.47 Å². The average Bonchev–Trinajstić information content (AvgIpc) is 3.58. The van der Waals surface area contributed by atoms with Crippen LogP contribution in [0, 0.1) is 0 Å². The van der Waals surface area contributed by atoms with Crippen LogP contribution in [0.25, 0.3) is 0 Å². The van der Waals surface area contributed by atoms with Crippen LogP contribution in [0.3, 0.4) is 0 Å². The zero-order valence-electron chi connectivity index (χ0n) is 30.0. The lowest BCUT2D eigenvalue weighted by Gasteiger charge is -2.26. The lowest BCUT2D eigenvalue weighted by atomic mass is 9.78. The number of anilines is 2. The van der Waals surface area contributed by atoms with Crippen molar-refractivity contribution in [3.8, 4) is 23.0 Å². The van der Waals surface area contributed by atoms with Gasteiger partial charge in [0.1, 0.15) is 23.0 Å². The normalized spacial score (nSPS) is 13.5. The molecule has 0 bridgehead atoms. The third kappa shape index (κ3) is 6.40. The second kappa shape index (κ2) is 13.6. The summed E-state index contributed by atoms with van der Waals surface area (Å²) in [7, 11) is 1.41. The largest absolute Gasteiger partial charge is 0.457 e. The summed E-state index contributed by atoms with van der Waals surface area (Å²) in [5.74, 6) is 0.559. The van der Waals surface area contributed by atoms with Crippen molar-refractivity contribution in [1.29, 1.82) is 0 Å². The Balaban J connectivity index is 0.866. The number of carbonyl (C=O) groups excluding carboxylic acids is 5. The van der Waals surface area contributed by atoms with E-state index in [2.05, 4.69) is 19.2 Å². The molecule has 10 nitrogen and oxygen atoms in total. The van der Waals surface area contributed by atoms with Gasteiger partial charge in [-0.05, 0) is 114 Å². The van der Waals surface area contributed by atoms with Gasteiger partial charge >= 0.3 is 0 Å². The van der Waals surface area contributed by atoms with Crippen LogP contribution in [-0.4, -0.2) is 41.5 Å². The fraction of sp³-hybridized carbons (Fsp3) is 0.0889. The fourth-order valence-electron chi connectivity index (χ4n) is 6.72. The second-order valence-corrected chi connectivity index (χ2v) is 13.8. The summed E-state index contributed by atoms with van der Waals surface area (Å²) in [6, 6.07) is 40.8. The van der Waals surface area contributed by atoms with Crippen molar-refractivity contribution in [3.05, 3.63) is 178 Å². The van der Waals surface area contributed by atoms with Crippen LogP contribution in [-0.2, 0) is 5.41 Å². The van der Waals surface area contributed by atoms with Gasteiger partial charge in [0, 0.05) is 23.7 Å². The molecule has 1 N–H and O–H groups in total. The molecule has 0 saturated carbocycles. The van der Waals surface area contributed by atoms with E-state index < -0.39 is 11.8 Å². The van der Waals surface area contributed by atoms with E-state index in [-0.39, 0.29) is 39.8 Å². The molecule has 0 atom stereocenters. The zero-order chi connectivity index (χ0) is 38.4. The molecule has 10 heteroatoms. The molecule has 2 aliphatic rings. The first kappa shape index (κ1) is 34.7. The van der Waals surface area contributed by atoms with E-state index in [9.17, 15) is 24.0 Å². The summed E-state index contributed by atoms with van der Waals surface area (Å²) >= 11 is 0. The summed E-state index contributed by atoms with van der Waals surface area (Å²) in [6.07, 6.45) is 0. The first-order valence-electron chi connectivity index (χ1n) is 17.5. The van der Waals surface area contributed by atoms with Crippen molar-refractivity contribution in [2.75, 3.05) is 17.3 Å². The van der Waals surface area contributed by atoms with Crippen molar-refractivity contribution >= 4 is 40.9 Å². The highest BCUT2D eigenvalue weighted by Crippen LogP contribution is 2.36. The molecule has 8 rings (SSSR count). The number of fused-ring (bicyclic) bond motifs is 2. The highest BCUT2D eigenvalue weighted by molar-refractivity contribution is 6.34. The van der Waals surface area contributed by atoms with Gasteiger partial charge in [-0.2, -0.15) is 0 Å². The molecule has 6 aromatic rings. The van der Waals surface area contributed by atoms with Crippen molar-refractivity contribution in [2.24, 2.45) is 0 Å². The van der Waals surface area contributed by atoms with Gasteiger partial charge in [0.05, 0.1) is 27.9 Å². The Bertz CT molecular complexity index is 2490. The van der Waals surface area contributed by atoms with Crippen molar-refractivity contribution in [1.82, 2.24) is 4.90 Å². The summed E-state index contributed by atoms with van der Waals surface area (Å²) in [5.41, 5.74) is 4.43. The van der Waals surface area contributed by atoms with Crippen LogP contribution in [0.15, 0.2) is 140 Å². The second-order valence-electron chi connectivity index (χ2n) is 13.8. The molecule has 5 amide bonds. The number of ether oxygens (including phenoxy) is 2. The quantitative estimate of drug-likeness (QED) is 0.148. The molecule has 0 saturated heterocycles. The van der Waals surface area contributed by atoms with Crippen LogP contribution < -0.4 is 19.7 Å². The number of imide groups is 2. The first-order chi connectivity index (χ1) is 26.5. The van der Waals surface area contributed by atoms with E-state index in [0.29, 0.717) is 45.5 Å². The molecule has 2 aliphatic heterocycles. The molecule has 6 aromatic carbocycles. The smallest absolute Gasteiger partial charge is 0.266 e. The summed E-state index contributed by atoms with van der Waals surface area (Å²) in [6.45, 7) is 4.28. The first-order valence-corrected chi connectivity index (χ1v) is 17.5. The highest BCUT2D eigenvalue weighted by Gasteiger charge is 2.36. The monoisotopic (exact) mass is 727 g/mol. The standard InChI is InChI=1S/C45H33N3O7/c1-45(2,29-11-19-33(20-12-29)55-35-23-15-31(16-24-35)48-43(52)36-6-4-5-7-37(36)44(48)53)28-9-17-32(18-10-28)54-34-21-13-30(14-22-34)46-40(49)27-8-25-38-39(26-27)42(51)47(3)41(38)50/h4-26H,1-3H3,(H,46,49). The van der Waals surface area contributed by atoms with E-state index in [0.717, 1.165) is 16.0 Å². The van der Waals surface area contributed by atoms with E-state index in [1.165, 1.54) is 30.1 Å². The number of benzene rings is 6. The van der Waals surface area contributed by atoms with Crippen LogP contribution in [0.4, 0.5) is 11.4 Å². The third-order valence-electron chi connectivity index (χ3n) is 9.98. The van der Waals surface area contributed by atoms with Crippen molar-refractivity contribution in [2.45, 2.75) is 19.3 Å². The Kier molecular flexibility index (Phi) is 8.58. The van der Waals surface area contributed by atoms with E-state index >= 15 is 0 Å². The number of nitrogens with zero attached hydrogens (tertiary/aromatic N) is 2. The van der Waals surface area contributed by atoms with Gasteiger partial charge < -0.3 is 14.8 Å². The van der Waals surface area contributed by atoms with Crippen LogP contribution >= 0.6 is 0 Å². The summed E-state index contributed by atoms with van der Waals surface area (Å²) < 4.78 is 12.2. The zero-order valence-corrected chi connectivity index (χ0v) is 30.0. The number of hydrogen-bond donors (Lipinski definition) is 1. The highest BCUT2D eigenvalue weighted by atomic mass is 16.5. The fourth-order valence-corrected chi connectivity index (χ4v) is 6.72. The van der Waals surface area contributed by atoms with Gasteiger partial charge in [0.25, 0.3) is 29.5 Å². The van der Waals surface area contributed by atoms with Crippen molar-refractivity contribution < 1.29 is 33.4 Å². The Morgan fingerprint density at radius 1 is 0.527 bits per heavy atom. The molecule has 0 radical (unpaired) electrons. The molecule has 2 heterocycles. The molecule has 0 unspecified atom stereocenters. The lowest BCUT2D eigenvalue weighted by molar-refractivity contribution is 0.0692. The van der Waals surface area contributed by atoms with Gasteiger partial charge in [-0.15, -0.1) is 0 Å². The number of rotatable bonds is 9. The van der Waals surface area contributed by atoms with Gasteiger partial charge in [-0.25, -0.2) is 4.90 Å².